The molecule has 2 rings (SSSR count). The van der Waals surface area contributed by atoms with Crippen LogP contribution in [-0.2, 0) is 10.0 Å². The Kier molecular flexibility index (Phi) is 4.38. The molecule has 19 heavy (non-hydrogen) atoms. The molecule has 0 aliphatic carbocycles. The zero-order valence-electron chi connectivity index (χ0n) is 11.0. The number of nitrogens with two attached hydrogens (primary N) is 1. The Hall–Kier alpha value is -0.780. The van der Waals surface area contributed by atoms with Gasteiger partial charge in [0.25, 0.3) is 0 Å². The third-order valence-electron chi connectivity index (χ3n) is 3.60. The predicted molar refractivity (Wildman–Crippen MR) is 77.7 cm³/mol. The van der Waals surface area contributed by atoms with Crippen molar-refractivity contribution in [2.24, 2.45) is 0 Å². The van der Waals surface area contributed by atoms with Crippen molar-refractivity contribution in [1.29, 1.82) is 0 Å². The topological polar surface area (TPSA) is 63.4 Å². The molecule has 0 bridgehead atoms. The van der Waals surface area contributed by atoms with Gasteiger partial charge in [0.1, 0.15) is 4.90 Å². The maximum atomic E-state index is 12.7. The van der Waals surface area contributed by atoms with E-state index in [0.717, 1.165) is 25.7 Å². The van der Waals surface area contributed by atoms with Crippen LogP contribution in [0.5, 0.6) is 0 Å². The van der Waals surface area contributed by atoms with Crippen LogP contribution in [0.1, 0.15) is 32.6 Å². The van der Waals surface area contributed by atoms with Crippen LogP contribution in [0, 0.1) is 0 Å². The van der Waals surface area contributed by atoms with Gasteiger partial charge in [-0.25, -0.2) is 8.42 Å². The number of hydrogen-bond acceptors (Lipinski definition) is 3. The van der Waals surface area contributed by atoms with E-state index in [1.165, 1.54) is 12.1 Å². The molecule has 0 aromatic heterocycles. The monoisotopic (exact) mass is 302 g/mol. The van der Waals surface area contributed by atoms with E-state index in [4.69, 9.17) is 17.3 Å². The van der Waals surface area contributed by atoms with Crippen molar-refractivity contribution in [3.8, 4) is 0 Å². The molecule has 1 saturated heterocycles. The first kappa shape index (κ1) is 14.6. The normalized spacial score (nSPS) is 21.5. The van der Waals surface area contributed by atoms with Crippen LogP contribution in [-0.4, -0.2) is 25.3 Å². The van der Waals surface area contributed by atoms with Gasteiger partial charge >= 0.3 is 0 Å². The van der Waals surface area contributed by atoms with E-state index in [9.17, 15) is 8.42 Å². The van der Waals surface area contributed by atoms with Gasteiger partial charge in [0, 0.05) is 17.6 Å². The molecule has 1 aliphatic rings. The van der Waals surface area contributed by atoms with Gasteiger partial charge in [-0.2, -0.15) is 4.31 Å². The molecule has 0 spiro atoms. The van der Waals surface area contributed by atoms with E-state index in [1.54, 1.807) is 10.4 Å². The highest BCUT2D eigenvalue weighted by molar-refractivity contribution is 7.89. The Morgan fingerprint density at radius 3 is 2.79 bits per heavy atom. The predicted octanol–water partition coefficient (Wildman–Crippen LogP) is 2.88. The lowest BCUT2D eigenvalue weighted by Crippen LogP contribution is -2.43. The summed E-state index contributed by atoms with van der Waals surface area (Å²) < 4.78 is 27.0. The number of sulfonamides is 1. The minimum Gasteiger partial charge on any atom is -0.398 e. The third-order valence-corrected chi connectivity index (χ3v) is 5.86. The molecular weight excluding hydrogens is 284 g/mol. The fraction of sp³-hybridized carbons (Fsp3) is 0.538. The first-order chi connectivity index (χ1) is 8.96. The lowest BCUT2D eigenvalue weighted by atomic mass is 10.0. The number of nitrogens with zero attached hydrogens (tertiary/aromatic N) is 1. The summed E-state index contributed by atoms with van der Waals surface area (Å²) >= 11 is 5.82. The molecule has 1 unspecified atom stereocenters. The summed E-state index contributed by atoms with van der Waals surface area (Å²) in [5.74, 6) is 0. The Morgan fingerprint density at radius 2 is 2.16 bits per heavy atom. The van der Waals surface area contributed by atoms with E-state index in [1.807, 2.05) is 6.92 Å². The molecule has 1 aromatic carbocycles. The minimum absolute atomic E-state index is 0.0776. The second-order valence-corrected chi connectivity index (χ2v) is 7.15. The van der Waals surface area contributed by atoms with Gasteiger partial charge in [-0.15, -0.1) is 0 Å². The van der Waals surface area contributed by atoms with Gasteiger partial charge in [0.05, 0.1) is 5.69 Å². The Morgan fingerprint density at radius 1 is 1.42 bits per heavy atom. The lowest BCUT2D eigenvalue weighted by Gasteiger charge is -2.34. The molecule has 1 heterocycles. The van der Waals surface area contributed by atoms with Gasteiger partial charge in [-0.3, -0.25) is 0 Å². The zero-order valence-corrected chi connectivity index (χ0v) is 12.5. The summed E-state index contributed by atoms with van der Waals surface area (Å²) in [6, 6.07) is 4.62. The van der Waals surface area contributed by atoms with Crippen LogP contribution in [0.2, 0.25) is 5.02 Å². The van der Waals surface area contributed by atoms with Crippen LogP contribution >= 0.6 is 11.6 Å². The molecule has 0 radical (unpaired) electrons. The molecular formula is C13H19ClN2O2S. The van der Waals surface area contributed by atoms with Crippen molar-refractivity contribution in [3.63, 3.8) is 0 Å². The van der Waals surface area contributed by atoms with Gasteiger partial charge < -0.3 is 5.73 Å². The lowest BCUT2D eigenvalue weighted by molar-refractivity contribution is 0.247. The number of piperidine rings is 1. The molecule has 4 nitrogen and oxygen atoms in total. The van der Waals surface area contributed by atoms with E-state index < -0.39 is 10.0 Å². The summed E-state index contributed by atoms with van der Waals surface area (Å²) in [7, 11) is -3.52. The Labute approximate surface area is 119 Å². The van der Waals surface area contributed by atoms with Crippen molar-refractivity contribution in [2.75, 3.05) is 12.3 Å². The summed E-state index contributed by atoms with van der Waals surface area (Å²) in [6.07, 6.45) is 3.74. The number of halogens is 1. The van der Waals surface area contributed by atoms with Gasteiger partial charge in [0.15, 0.2) is 0 Å². The summed E-state index contributed by atoms with van der Waals surface area (Å²) in [4.78, 5) is 0.164. The first-order valence-electron chi connectivity index (χ1n) is 6.53. The molecule has 0 saturated carbocycles. The summed E-state index contributed by atoms with van der Waals surface area (Å²) in [5.41, 5.74) is 6.03. The van der Waals surface area contributed by atoms with Crippen LogP contribution < -0.4 is 5.73 Å². The summed E-state index contributed by atoms with van der Waals surface area (Å²) in [5, 5.41) is 0.446. The number of anilines is 1. The Balaban J connectivity index is 2.40. The van der Waals surface area contributed by atoms with Gasteiger partial charge in [-0.1, -0.05) is 24.9 Å². The fourth-order valence-electron chi connectivity index (χ4n) is 2.58. The zero-order chi connectivity index (χ0) is 14.0. The van der Waals surface area contributed by atoms with Crippen LogP contribution in [0.4, 0.5) is 5.69 Å². The fourth-order valence-corrected chi connectivity index (χ4v) is 4.63. The van der Waals surface area contributed by atoms with Crippen molar-refractivity contribution < 1.29 is 8.42 Å². The molecule has 6 heteroatoms. The van der Waals surface area contributed by atoms with Crippen molar-refractivity contribution in [1.82, 2.24) is 4.31 Å². The molecule has 106 valence electrons. The van der Waals surface area contributed by atoms with Crippen LogP contribution in [0.15, 0.2) is 23.1 Å². The first-order valence-corrected chi connectivity index (χ1v) is 8.35. The minimum atomic E-state index is -3.52. The number of rotatable bonds is 3. The SMILES string of the molecule is CCC1CCCCN1S(=O)(=O)c1ccc(Cl)cc1N. The van der Waals surface area contributed by atoms with Crippen LogP contribution in [0.25, 0.3) is 0 Å². The maximum Gasteiger partial charge on any atom is 0.245 e. The van der Waals surface area contributed by atoms with E-state index in [2.05, 4.69) is 0 Å². The van der Waals surface area contributed by atoms with E-state index in [0.29, 0.717) is 11.6 Å². The smallest absolute Gasteiger partial charge is 0.245 e. The second-order valence-electron chi connectivity index (χ2n) is 4.86. The quantitative estimate of drug-likeness (QED) is 0.873. The maximum absolute atomic E-state index is 12.7. The number of hydrogen-bond donors (Lipinski definition) is 1. The van der Waals surface area contributed by atoms with Crippen molar-refractivity contribution in [3.05, 3.63) is 23.2 Å². The molecule has 1 fully saturated rings. The second kappa shape index (κ2) is 5.69. The highest BCUT2D eigenvalue weighted by Gasteiger charge is 2.33. The van der Waals surface area contributed by atoms with Gasteiger partial charge in [0.2, 0.25) is 10.0 Å². The van der Waals surface area contributed by atoms with Crippen molar-refractivity contribution in [2.45, 2.75) is 43.5 Å². The third kappa shape index (κ3) is 2.88. The average molecular weight is 303 g/mol. The standard InChI is InChI=1S/C13H19ClN2O2S/c1-2-11-5-3-4-8-16(11)19(17,18)13-7-6-10(14)9-12(13)15/h6-7,9,11H,2-5,8,15H2,1H3. The summed E-state index contributed by atoms with van der Waals surface area (Å²) in [6.45, 7) is 2.59. The van der Waals surface area contributed by atoms with E-state index in [-0.39, 0.29) is 16.6 Å². The van der Waals surface area contributed by atoms with Crippen LogP contribution in [0.3, 0.4) is 0 Å². The highest BCUT2D eigenvalue weighted by atomic mass is 35.5. The Bertz CT molecular complexity index is 560. The molecule has 1 aliphatic heterocycles. The molecule has 1 atom stereocenters. The molecule has 0 amide bonds. The van der Waals surface area contributed by atoms with Crippen molar-refractivity contribution >= 4 is 27.3 Å². The molecule has 2 N–H and O–H groups in total. The average Bonchev–Trinajstić information content (AvgIpc) is 2.38. The largest absolute Gasteiger partial charge is 0.398 e. The molecule has 1 aromatic rings. The number of nitrogen functional groups attached to an aromatic ring is 1. The highest BCUT2D eigenvalue weighted by Crippen LogP contribution is 2.30. The number of benzene rings is 1. The van der Waals surface area contributed by atoms with Gasteiger partial charge in [-0.05, 0) is 37.5 Å². The van der Waals surface area contributed by atoms with E-state index >= 15 is 0 Å².